The minimum atomic E-state index is 0.248. The summed E-state index contributed by atoms with van der Waals surface area (Å²) < 4.78 is 0. The van der Waals surface area contributed by atoms with E-state index in [1.807, 2.05) is 0 Å². The van der Waals surface area contributed by atoms with E-state index in [4.69, 9.17) is 0 Å². The zero-order valence-electron chi connectivity index (χ0n) is 25.8. The second kappa shape index (κ2) is 13.2. The average molecular weight is 586 g/mol. The lowest BCUT2D eigenvalue weighted by Crippen LogP contribution is -2.23. The Balaban J connectivity index is 1.13. The van der Waals surface area contributed by atoms with Gasteiger partial charge in [-0.2, -0.15) is 0 Å². The summed E-state index contributed by atoms with van der Waals surface area (Å²) >= 11 is 0. The zero-order chi connectivity index (χ0) is 30.4. The lowest BCUT2D eigenvalue weighted by molar-refractivity contribution is 0.831. The van der Waals surface area contributed by atoms with Crippen LogP contribution in [-0.2, 0) is 0 Å². The highest BCUT2D eigenvalue weighted by atomic mass is 15.1. The second-order valence-corrected chi connectivity index (χ2v) is 11.7. The van der Waals surface area contributed by atoms with Gasteiger partial charge in [-0.05, 0) is 96.6 Å². The van der Waals surface area contributed by atoms with Gasteiger partial charge in [-0.3, -0.25) is 0 Å². The monoisotopic (exact) mass is 585 g/mol. The van der Waals surface area contributed by atoms with E-state index < -0.39 is 0 Å². The first kappa shape index (κ1) is 28.5. The smallest absolute Gasteiger partial charge is 0.0461 e. The molecule has 1 heterocycles. The molecule has 0 spiro atoms. The number of hydrogen-bond donors (Lipinski definition) is 1. The van der Waals surface area contributed by atoms with Crippen LogP contribution >= 0.6 is 0 Å². The van der Waals surface area contributed by atoms with E-state index in [1.165, 1.54) is 50.8 Å². The van der Waals surface area contributed by atoms with E-state index in [2.05, 4.69) is 180 Å². The van der Waals surface area contributed by atoms with E-state index >= 15 is 0 Å². The van der Waals surface area contributed by atoms with Gasteiger partial charge in [0, 0.05) is 52.3 Å². The Bertz CT molecular complexity index is 1820. The van der Waals surface area contributed by atoms with Crippen molar-refractivity contribution in [3.8, 4) is 11.1 Å². The van der Waals surface area contributed by atoms with Gasteiger partial charge in [0.2, 0.25) is 0 Å². The molecule has 1 N–H and O–H groups in total. The Labute approximate surface area is 267 Å². The van der Waals surface area contributed by atoms with Gasteiger partial charge in [0.1, 0.15) is 0 Å². The highest BCUT2D eigenvalue weighted by Gasteiger charge is 2.22. The Morgan fingerprint density at radius 1 is 0.622 bits per heavy atom. The van der Waals surface area contributed by atoms with Gasteiger partial charge >= 0.3 is 0 Å². The number of hydrogen-bond acceptors (Lipinski definition) is 3. The summed E-state index contributed by atoms with van der Waals surface area (Å²) in [6.45, 7) is 3.22. The fraction of sp³-hybridized carbons (Fsp3) is 0.143. The lowest BCUT2D eigenvalue weighted by atomic mass is 9.92. The van der Waals surface area contributed by atoms with Crippen LogP contribution in [0.5, 0.6) is 0 Å². The lowest BCUT2D eigenvalue weighted by Gasteiger charge is -2.32. The molecule has 1 unspecified atom stereocenters. The standard InChI is InChI=1S/C42H39N3/c1-32-40-20-11-12-22-42(40)44(31-13-21-41(32)43-35-14-5-2-6-15-35)36-27-23-33(24-28-36)34-25-29-39(30-26-34)45(37-16-7-3-8-17-37)38-18-9-4-10-19-38/h2-3,5-9,11-12,14-30,32,43H,4,10,13,31H2,1H3/b41-21+. The fourth-order valence-electron chi connectivity index (χ4n) is 6.46. The van der Waals surface area contributed by atoms with Gasteiger partial charge in [-0.25, -0.2) is 0 Å². The zero-order valence-corrected chi connectivity index (χ0v) is 25.8. The molecular formula is C42H39N3. The summed E-state index contributed by atoms with van der Waals surface area (Å²) in [7, 11) is 0. The Morgan fingerprint density at radius 3 is 1.98 bits per heavy atom. The molecule has 0 saturated heterocycles. The van der Waals surface area contributed by atoms with E-state index in [1.54, 1.807) is 0 Å². The van der Waals surface area contributed by atoms with Gasteiger partial charge in [0.25, 0.3) is 0 Å². The molecule has 1 atom stereocenters. The molecule has 1 aliphatic carbocycles. The summed E-state index contributed by atoms with van der Waals surface area (Å²) in [6.07, 6.45) is 12.3. The van der Waals surface area contributed by atoms with Crippen LogP contribution in [0.25, 0.3) is 11.1 Å². The molecule has 222 valence electrons. The van der Waals surface area contributed by atoms with Crippen LogP contribution in [0.2, 0.25) is 0 Å². The number of para-hydroxylation sites is 3. The number of nitrogens with zero attached hydrogens (tertiary/aromatic N) is 2. The van der Waals surface area contributed by atoms with Crippen LogP contribution in [0.15, 0.2) is 169 Å². The maximum Gasteiger partial charge on any atom is 0.0461 e. The first-order valence-corrected chi connectivity index (χ1v) is 16.1. The van der Waals surface area contributed by atoms with E-state index in [-0.39, 0.29) is 5.92 Å². The van der Waals surface area contributed by atoms with Crippen LogP contribution in [0, 0.1) is 0 Å². The van der Waals surface area contributed by atoms with E-state index in [9.17, 15) is 0 Å². The Kier molecular flexibility index (Phi) is 8.33. The van der Waals surface area contributed by atoms with Crippen molar-refractivity contribution >= 4 is 28.4 Å². The molecule has 45 heavy (non-hydrogen) atoms. The van der Waals surface area contributed by atoms with Gasteiger partial charge in [-0.1, -0.05) is 104 Å². The molecule has 1 aliphatic heterocycles. The molecule has 7 rings (SSSR count). The molecule has 3 nitrogen and oxygen atoms in total. The third-order valence-corrected chi connectivity index (χ3v) is 8.83. The maximum atomic E-state index is 3.69. The molecule has 0 bridgehead atoms. The largest absolute Gasteiger partial charge is 0.359 e. The number of nitrogens with one attached hydrogen (secondary N) is 1. The molecule has 0 aromatic heterocycles. The highest BCUT2D eigenvalue weighted by Crippen LogP contribution is 2.39. The highest BCUT2D eigenvalue weighted by molar-refractivity contribution is 5.76. The van der Waals surface area contributed by atoms with Crippen molar-refractivity contribution in [1.29, 1.82) is 0 Å². The van der Waals surface area contributed by atoms with Gasteiger partial charge in [-0.15, -0.1) is 0 Å². The van der Waals surface area contributed by atoms with Gasteiger partial charge < -0.3 is 15.1 Å². The quantitative estimate of drug-likeness (QED) is 0.205. The molecule has 0 saturated carbocycles. The van der Waals surface area contributed by atoms with Crippen LogP contribution in [0.4, 0.5) is 28.4 Å². The van der Waals surface area contributed by atoms with E-state index in [0.29, 0.717) is 0 Å². The summed E-state index contributed by atoms with van der Waals surface area (Å²) in [6, 6.07) is 48.0. The number of rotatable bonds is 7. The summed E-state index contributed by atoms with van der Waals surface area (Å²) in [5, 5.41) is 3.69. The Hall–Kier alpha value is -5.28. The van der Waals surface area contributed by atoms with Crippen LogP contribution < -0.4 is 15.1 Å². The van der Waals surface area contributed by atoms with Crippen molar-refractivity contribution in [2.75, 3.05) is 21.7 Å². The molecule has 0 fully saturated rings. The minimum absolute atomic E-state index is 0.248. The van der Waals surface area contributed by atoms with Crippen LogP contribution in [-0.4, -0.2) is 6.54 Å². The number of allylic oxidation sites excluding steroid dienone is 4. The van der Waals surface area contributed by atoms with Gasteiger partial charge in [0.05, 0.1) is 0 Å². The topological polar surface area (TPSA) is 18.5 Å². The van der Waals surface area contributed by atoms with Crippen molar-refractivity contribution in [2.24, 2.45) is 0 Å². The third kappa shape index (κ3) is 6.21. The summed E-state index contributed by atoms with van der Waals surface area (Å²) in [5.74, 6) is 0.248. The summed E-state index contributed by atoms with van der Waals surface area (Å²) in [4.78, 5) is 4.82. The normalized spacial score (nSPS) is 17.3. The average Bonchev–Trinajstić information content (AvgIpc) is 3.11. The Morgan fingerprint density at radius 2 is 1.27 bits per heavy atom. The van der Waals surface area contributed by atoms with E-state index in [0.717, 1.165) is 31.5 Å². The third-order valence-electron chi connectivity index (χ3n) is 8.83. The number of anilines is 5. The molecule has 5 aromatic carbocycles. The first-order chi connectivity index (χ1) is 22.2. The number of benzene rings is 5. The first-order valence-electron chi connectivity index (χ1n) is 16.1. The minimum Gasteiger partial charge on any atom is -0.359 e. The van der Waals surface area contributed by atoms with Crippen LogP contribution in [0.1, 0.15) is 37.7 Å². The van der Waals surface area contributed by atoms with Crippen LogP contribution in [0.3, 0.4) is 0 Å². The van der Waals surface area contributed by atoms with Crippen molar-refractivity contribution < 1.29 is 0 Å². The molecule has 3 heteroatoms. The molecule has 5 aromatic rings. The van der Waals surface area contributed by atoms with Crippen molar-refractivity contribution in [2.45, 2.75) is 32.1 Å². The van der Waals surface area contributed by atoms with Crippen molar-refractivity contribution in [3.05, 3.63) is 175 Å². The van der Waals surface area contributed by atoms with Crippen molar-refractivity contribution in [3.63, 3.8) is 0 Å². The molecule has 0 amide bonds. The molecular weight excluding hydrogens is 546 g/mol. The summed E-state index contributed by atoms with van der Waals surface area (Å²) in [5.41, 5.74) is 12.2. The number of fused-ring (bicyclic) bond motifs is 1. The maximum absolute atomic E-state index is 3.69. The molecule has 0 radical (unpaired) electrons. The predicted molar refractivity (Wildman–Crippen MR) is 192 cm³/mol. The van der Waals surface area contributed by atoms with Gasteiger partial charge in [0.15, 0.2) is 0 Å². The SMILES string of the molecule is CC1/C(Nc2ccccc2)=C\CCN(c2ccc(-c3ccc(N(C4=CCCC=C4)c4ccccc4)cc3)cc2)c2ccccc21. The molecule has 2 aliphatic rings. The predicted octanol–water partition coefficient (Wildman–Crippen LogP) is 11.4. The second-order valence-electron chi connectivity index (χ2n) is 11.7. The van der Waals surface area contributed by atoms with Crippen molar-refractivity contribution in [1.82, 2.24) is 0 Å². The fourth-order valence-corrected chi connectivity index (χ4v) is 6.46.